The molecule has 1 heterocycles. The summed E-state index contributed by atoms with van der Waals surface area (Å²) in [5.41, 5.74) is 0. The highest BCUT2D eigenvalue weighted by Gasteiger charge is 1.90. The third-order valence-corrected chi connectivity index (χ3v) is 1.95. The molecule has 0 spiro atoms. The molecule has 0 aromatic carbocycles. The molecule has 1 rings (SSSR count). The minimum atomic E-state index is 0.768. The molecule has 0 aliphatic rings. The van der Waals surface area contributed by atoms with Crippen LogP contribution in [0.2, 0.25) is 0 Å². The Balaban J connectivity index is 3.61. The van der Waals surface area contributed by atoms with E-state index < -0.39 is 0 Å². The van der Waals surface area contributed by atoms with E-state index in [1.165, 1.54) is 0 Å². The van der Waals surface area contributed by atoms with Crippen molar-refractivity contribution in [3.8, 4) is 0 Å². The fourth-order valence-corrected chi connectivity index (χ4v) is 1.14. The molecule has 1 aromatic rings. The predicted molar refractivity (Wildman–Crippen MR) is 48.9 cm³/mol. The van der Waals surface area contributed by atoms with Crippen LogP contribution in [0.15, 0.2) is 0 Å². The standard InChI is InChI=1S/C7H11N3S/c1-5-6(4-8-2)7(11)10(3)9-5/h4,8-9H,1H2,2-3H3/b6-4+. The summed E-state index contributed by atoms with van der Waals surface area (Å²) < 4.78 is 2.53. The summed E-state index contributed by atoms with van der Waals surface area (Å²) in [6, 6.07) is 0. The molecule has 1 aromatic heterocycles. The molecule has 3 nitrogen and oxygen atoms in total. The van der Waals surface area contributed by atoms with E-state index in [0.29, 0.717) is 0 Å². The van der Waals surface area contributed by atoms with E-state index in [0.717, 1.165) is 15.2 Å². The van der Waals surface area contributed by atoms with E-state index in [1.54, 1.807) is 4.68 Å². The van der Waals surface area contributed by atoms with Crippen LogP contribution in [0.3, 0.4) is 0 Å². The molecule has 0 atom stereocenters. The van der Waals surface area contributed by atoms with Gasteiger partial charge in [0.25, 0.3) is 0 Å². The van der Waals surface area contributed by atoms with Crippen LogP contribution >= 0.6 is 12.2 Å². The zero-order chi connectivity index (χ0) is 8.43. The molecular weight excluding hydrogens is 158 g/mol. The number of hydrogen-bond acceptors (Lipinski definition) is 2. The molecule has 0 fully saturated rings. The Kier molecular flexibility index (Phi) is 2.14. The summed E-state index contributed by atoms with van der Waals surface area (Å²) in [6.07, 6.45) is 1.83. The molecule has 0 aliphatic carbocycles. The summed E-state index contributed by atoms with van der Waals surface area (Å²) in [5.74, 6) is 0. The number of aromatic nitrogens is 2. The van der Waals surface area contributed by atoms with E-state index in [9.17, 15) is 0 Å². The average Bonchev–Trinajstić information content (AvgIpc) is 2.17. The van der Waals surface area contributed by atoms with Gasteiger partial charge in [-0.2, -0.15) is 0 Å². The van der Waals surface area contributed by atoms with E-state index >= 15 is 0 Å². The lowest BCUT2D eigenvalue weighted by molar-refractivity contribution is 0.748. The molecule has 4 heteroatoms. The van der Waals surface area contributed by atoms with Gasteiger partial charge in [-0.25, -0.2) is 0 Å². The van der Waals surface area contributed by atoms with Crippen LogP contribution in [0, 0.1) is 4.64 Å². The van der Waals surface area contributed by atoms with Gasteiger partial charge >= 0.3 is 0 Å². The normalized spacial score (nSPS) is 12.0. The van der Waals surface area contributed by atoms with Crippen molar-refractivity contribution in [1.82, 2.24) is 15.1 Å². The first kappa shape index (κ1) is 8.07. The first-order valence-corrected chi connectivity index (χ1v) is 3.69. The fourth-order valence-electron chi connectivity index (χ4n) is 0.916. The van der Waals surface area contributed by atoms with E-state index in [-0.39, 0.29) is 0 Å². The Bertz CT molecular complexity index is 398. The summed E-state index contributed by atoms with van der Waals surface area (Å²) in [6.45, 7) is 3.81. The Morgan fingerprint density at radius 1 is 1.73 bits per heavy atom. The zero-order valence-electron chi connectivity index (χ0n) is 6.64. The Labute approximate surface area is 70.0 Å². The second-order valence-corrected chi connectivity index (χ2v) is 2.69. The number of aryl methyl sites for hydroxylation is 1. The zero-order valence-corrected chi connectivity index (χ0v) is 7.46. The van der Waals surface area contributed by atoms with Crippen molar-refractivity contribution in [1.29, 1.82) is 0 Å². The highest BCUT2D eigenvalue weighted by atomic mass is 32.1. The Hall–Kier alpha value is -1.03. The van der Waals surface area contributed by atoms with Crippen LogP contribution in [-0.4, -0.2) is 16.8 Å². The molecule has 0 unspecified atom stereocenters. The van der Waals surface area contributed by atoms with Crippen LogP contribution in [0.1, 0.15) is 0 Å². The molecule has 11 heavy (non-hydrogen) atoms. The van der Waals surface area contributed by atoms with Gasteiger partial charge in [-0.3, -0.25) is 9.78 Å². The predicted octanol–water partition coefficient (Wildman–Crippen LogP) is -0.550. The summed E-state index contributed by atoms with van der Waals surface area (Å²) >= 11 is 5.10. The molecule has 0 saturated carbocycles. The topological polar surface area (TPSA) is 32.8 Å². The first-order chi connectivity index (χ1) is 5.16. The number of aromatic amines is 1. The number of hydrogen-bond donors (Lipinski definition) is 2. The number of rotatable bonds is 1. The molecule has 60 valence electrons. The van der Waals surface area contributed by atoms with Crippen molar-refractivity contribution in [2.75, 3.05) is 7.05 Å². The smallest absolute Gasteiger partial charge is 0.131 e. The first-order valence-electron chi connectivity index (χ1n) is 3.28. The third-order valence-electron chi connectivity index (χ3n) is 1.45. The lowest BCUT2D eigenvalue weighted by Crippen LogP contribution is -2.23. The molecule has 0 radical (unpaired) electrons. The molecule has 0 saturated heterocycles. The maximum Gasteiger partial charge on any atom is 0.131 e. The van der Waals surface area contributed by atoms with Gasteiger partial charge in [0, 0.05) is 20.3 Å². The van der Waals surface area contributed by atoms with Gasteiger partial charge in [0.2, 0.25) is 0 Å². The minimum Gasteiger partial charge on any atom is -0.393 e. The second-order valence-electron chi connectivity index (χ2n) is 2.30. The van der Waals surface area contributed by atoms with Gasteiger partial charge in [-0.05, 0) is 0 Å². The van der Waals surface area contributed by atoms with Crippen molar-refractivity contribution < 1.29 is 0 Å². The van der Waals surface area contributed by atoms with Crippen LogP contribution in [0.4, 0.5) is 0 Å². The van der Waals surface area contributed by atoms with Crippen molar-refractivity contribution in [3.63, 3.8) is 0 Å². The second kappa shape index (κ2) is 2.92. The van der Waals surface area contributed by atoms with Crippen LogP contribution in [0.25, 0.3) is 12.8 Å². The van der Waals surface area contributed by atoms with E-state index in [1.807, 2.05) is 20.3 Å². The molecule has 2 N–H and O–H groups in total. The third kappa shape index (κ3) is 1.35. The van der Waals surface area contributed by atoms with Crippen molar-refractivity contribution >= 4 is 25.0 Å². The van der Waals surface area contributed by atoms with Gasteiger partial charge in [0.15, 0.2) is 0 Å². The molecule has 0 amide bonds. The van der Waals surface area contributed by atoms with Crippen LogP contribution in [-0.2, 0) is 7.05 Å². The van der Waals surface area contributed by atoms with Gasteiger partial charge < -0.3 is 5.32 Å². The number of nitrogens with zero attached hydrogens (tertiary/aromatic N) is 1. The highest BCUT2D eigenvalue weighted by molar-refractivity contribution is 7.71. The van der Waals surface area contributed by atoms with E-state index in [2.05, 4.69) is 17.0 Å². The summed E-state index contributed by atoms with van der Waals surface area (Å²) in [5, 5.41) is 7.69. The minimum absolute atomic E-state index is 0.768. The van der Waals surface area contributed by atoms with Gasteiger partial charge in [-0.15, -0.1) is 0 Å². The van der Waals surface area contributed by atoms with Crippen LogP contribution in [0.5, 0.6) is 0 Å². The Morgan fingerprint density at radius 3 is 2.73 bits per heavy atom. The summed E-state index contributed by atoms with van der Waals surface area (Å²) in [7, 11) is 3.70. The Morgan fingerprint density at radius 2 is 2.36 bits per heavy atom. The van der Waals surface area contributed by atoms with Gasteiger partial charge in [0.05, 0.1) is 10.6 Å². The molecule has 0 aliphatic heterocycles. The largest absolute Gasteiger partial charge is 0.393 e. The van der Waals surface area contributed by atoms with E-state index in [4.69, 9.17) is 12.2 Å². The maximum absolute atomic E-state index is 5.10. The van der Waals surface area contributed by atoms with Crippen molar-refractivity contribution in [2.45, 2.75) is 0 Å². The maximum atomic E-state index is 5.10. The lowest BCUT2D eigenvalue weighted by Gasteiger charge is -1.84. The number of H-pyrrole nitrogens is 1. The molecule has 0 bridgehead atoms. The van der Waals surface area contributed by atoms with Crippen molar-refractivity contribution in [2.24, 2.45) is 7.05 Å². The SMILES string of the molecule is C=c1[nH]n(C)c(=S)/c1=C/NC. The quantitative estimate of drug-likeness (QED) is 0.553. The van der Waals surface area contributed by atoms with Gasteiger partial charge in [0.1, 0.15) is 4.64 Å². The fraction of sp³-hybridized carbons (Fsp3) is 0.286. The van der Waals surface area contributed by atoms with Gasteiger partial charge in [-0.1, -0.05) is 18.8 Å². The monoisotopic (exact) mass is 169 g/mol. The summed E-state index contributed by atoms with van der Waals surface area (Å²) in [4.78, 5) is 0. The lowest BCUT2D eigenvalue weighted by atomic mass is 10.5. The van der Waals surface area contributed by atoms with Crippen LogP contribution < -0.4 is 15.9 Å². The average molecular weight is 169 g/mol. The molecular formula is C7H11N3S. The van der Waals surface area contributed by atoms with Crippen molar-refractivity contribution in [3.05, 3.63) is 15.2 Å². The number of nitrogens with one attached hydrogen (secondary N) is 2. The highest BCUT2D eigenvalue weighted by Crippen LogP contribution is 1.71.